The fourth-order valence-electron chi connectivity index (χ4n) is 2.74. The standard InChI is InChI=1S/C18H14O8/c19-11-3-1-8(6-13(11)21)5-10-15(17(23)24)16(26-18(10)25)9-2-4-12(20)14(22)7-9/h1-7,15-16,19-22H,(H,23,24)/b10-5-. The molecule has 1 fully saturated rings. The van der Waals surface area contributed by atoms with Crippen LogP contribution in [0.25, 0.3) is 6.08 Å². The number of aliphatic carboxylic acids is 1. The van der Waals surface area contributed by atoms with Crippen molar-refractivity contribution in [2.24, 2.45) is 5.92 Å². The Labute approximate surface area is 146 Å². The van der Waals surface area contributed by atoms with Crippen LogP contribution in [-0.4, -0.2) is 37.5 Å². The number of hydrogen-bond acceptors (Lipinski definition) is 7. The van der Waals surface area contributed by atoms with Crippen molar-refractivity contribution in [3.05, 3.63) is 53.1 Å². The second kappa shape index (κ2) is 6.32. The molecule has 1 heterocycles. The highest BCUT2D eigenvalue weighted by molar-refractivity contribution is 6.02. The Morgan fingerprint density at radius 1 is 0.923 bits per heavy atom. The van der Waals surface area contributed by atoms with E-state index in [1.807, 2.05) is 0 Å². The van der Waals surface area contributed by atoms with Crippen LogP contribution in [0.1, 0.15) is 17.2 Å². The second-order valence-corrected chi connectivity index (χ2v) is 5.74. The van der Waals surface area contributed by atoms with E-state index in [4.69, 9.17) is 4.74 Å². The van der Waals surface area contributed by atoms with E-state index in [0.717, 1.165) is 12.1 Å². The van der Waals surface area contributed by atoms with Gasteiger partial charge in [0.1, 0.15) is 12.0 Å². The Hall–Kier alpha value is -3.68. The predicted octanol–water partition coefficient (Wildman–Crippen LogP) is 1.89. The molecule has 5 N–H and O–H groups in total. The largest absolute Gasteiger partial charge is 0.504 e. The van der Waals surface area contributed by atoms with E-state index in [9.17, 15) is 35.1 Å². The van der Waals surface area contributed by atoms with Crippen LogP contribution in [0.5, 0.6) is 23.0 Å². The van der Waals surface area contributed by atoms with E-state index in [0.29, 0.717) is 5.56 Å². The number of phenols is 4. The fourth-order valence-corrected chi connectivity index (χ4v) is 2.74. The minimum atomic E-state index is -1.36. The number of cyclic esters (lactones) is 1. The summed E-state index contributed by atoms with van der Waals surface area (Å²) in [7, 11) is 0. The molecule has 3 rings (SSSR count). The molecule has 134 valence electrons. The molecule has 8 nitrogen and oxygen atoms in total. The molecule has 2 unspecified atom stereocenters. The molecular formula is C18H14O8. The van der Waals surface area contributed by atoms with Gasteiger partial charge in [-0.1, -0.05) is 12.1 Å². The monoisotopic (exact) mass is 358 g/mol. The molecule has 0 spiro atoms. The van der Waals surface area contributed by atoms with Crippen LogP contribution in [0.4, 0.5) is 0 Å². The third-order valence-electron chi connectivity index (χ3n) is 4.02. The maximum absolute atomic E-state index is 12.2. The fraction of sp³-hybridized carbons (Fsp3) is 0.111. The number of carbonyl (C=O) groups excluding carboxylic acids is 1. The highest BCUT2D eigenvalue weighted by Gasteiger charge is 2.45. The summed E-state index contributed by atoms with van der Waals surface area (Å²) in [4.78, 5) is 23.9. The van der Waals surface area contributed by atoms with E-state index in [2.05, 4.69) is 0 Å². The zero-order valence-corrected chi connectivity index (χ0v) is 13.2. The SMILES string of the molecule is O=C1OC(c2ccc(O)c(O)c2)C(C(=O)O)/C1=C/c1ccc(O)c(O)c1. The van der Waals surface area contributed by atoms with Crippen molar-refractivity contribution in [3.63, 3.8) is 0 Å². The van der Waals surface area contributed by atoms with Crippen LogP contribution >= 0.6 is 0 Å². The van der Waals surface area contributed by atoms with Crippen molar-refractivity contribution in [2.45, 2.75) is 6.10 Å². The van der Waals surface area contributed by atoms with Gasteiger partial charge in [-0.25, -0.2) is 4.79 Å². The van der Waals surface area contributed by atoms with Crippen molar-refractivity contribution in [1.29, 1.82) is 0 Å². The molecule has 2 aromatic carbocycles. The maximum Gasteiger partial charge on any atom is 0.335 e. The van der Waals surface area contributed by atoms with E-state index >= 15 is 0 Å². The van der Waals surface area contributed by atoms with E-state index in [-0.39, 0.29) is 22.6 Å². The smallest absolute Gasteiger partial charge is 0.335 e. The summed E-state index contributed by atoms with van der Waals surface area (Å²) in [5, 5.41) is 47.4. The Balaban J connectivity index is 2.04. The summed E-state index contributed by atoms with van der Waals surface area (Å²) in [6.45, 7) is 0. The highest BCUT2D eigenvalue weighted by atomic mass is 16.6. The highest BCUT2D eigenvalue weighted by Crippen LogP contribution is 2.42. The molecule has 0 amide bonds. The van der Waals surface area contributed by atoms with Crippen LogP contribution in [0, 0.1) is 5.92 Å². The molecule has 0 aliphatic carbocycles. The van der Waals surface area contributed by atoms with Crippen LogP contribution < -0.4 is 0 Å². The second-order valence-electron chi connectivity index (χ2n) is 5.74. The molecule has 0 radical (unpaired) electrons. The van der Waals surface area contributed by atoms with Crippen molar-refractivity contribution in [1.82, 2.24) is 0 Å². The minimum Gasteiger partial charge on any atom is -0.504 e. The van der Waals surface area contributed by atoms with E-state index in [1.54, 1.807) is 0 Å². The lowest BCUT2D eigenvalue weighted by Gasteiger charge is -2.15. The number of hydrogen-bond donors (Lipinski definition) is 5. The van der Waals surface area contributed by atoms with Gasteiger partial charge in [-0.2, -0.15) is 0 Å². The molecule has 2 aromatic rings. The van der Waals surface area contributed by atoms with Gasteiger partial charge >= 0.3 is 11.9 Å². The quantitative estimate of drug-likeness (QED) is 0.318. The first-order chi connectivity index (χ1) is 12.3. The number of carboxylic acid groups (broad SMARTS) is 1. The van der Waals surface area contributed by atoms with Gasteiger partial charge in [0.05, 0.1) is 5.57 Å². The molecule has 0 bridgehead atoms. The zero-order valence-electron chi connectivity index (χ0n) is 13.2. The lowest BCUT2D eigenvalue weighted by atomic mass is 9.90. The molecule has 1 aliphatic heterocycles. The third kappa shape index (κ3) is 3.00. The Bertz CT molecular complexity index is 931. The van der Waals surface area contributed by atoms with Gasteiger partial charge < -0.3 is 30.3 Å². The van der Waals surface area contributed by atoms with Gasteiger partial charge in [-0.3, -0.25) is 4.79 Å². The first kappa shape index (κ1) is 17.2. The number of carbonyl (C=O) groups is 2. The molecule has 0 aromatic heterocycles. The molecule has 8 heteroatoms. The number of carboxylic acids is 1. The number of esters is 1. The number of benzene rings is 2. The Kier molecular flexibility index (Phi) is 4.17. The van der Waals surface area contributed by atoms with Gasteiger partial charge in [-0.05, 0) is 41.5 Å². The molecule has 1 aliphatic rings. The van der Waals surface area contributed by atoms with Crippen LogP contribution in [0.15, 0.2) is 42.0 Å². The van der Waals surface area contributed by atoms with Gasteiger partial charge in [-0.15, -0.1) is 0 Å². The molecular weight excluding hydrogens is 344 g/mol. The summed E-state index contributed by atoms with van der Waals surface area (Å²) >= 11 is 0. The molecule has 26 heavy (non-hydrogen) atoms. The zero-order chi connectivity index (χ0) is 19.0. The van der Waals surface area contributed by atoms with Gasteiger partial charge in [0.15, 0.2) is 23.0 Å². The normalized spacial score (nSPS) is 20.9. The molecule has 2 atom stereocenters. The summed E-state index contributed by atoms with van der Waals surface area (Å²) in [5.41, 5.74) is 0.353. The van der Waals surface area contributed by atoms with Crippen molar-refractivity contribution in [2.75, 3.05) is 0 Å². The first-order valence-corrected chi connectivity index (χ1v) is 7.47. The minimum absolute atomic E-state index is 0.153. The number of aromatic hydroxyl groups is 4. The maximum atomic E-state index is 12.2. The summed E-state index contributed by atoms with van der Waals surface area (Å²) in [6, 6.07) is 7.41. The number of ether oxygens (including phenoxy) is 1. The number of phenolic OH excluding ortho intramolecular Hbond substituents is 4. The van der Waals surface area contributed by atoms with Crippen LogP contribution in [0.2, 0.25) is 0 Å². The van der Waals surface area contributed by atoms with Gasteiger partial charge in [0.2, 0.25) is 0 Å². The number of rotatable bonds is 3. The average molecular weight is 358 g/mol. The first-order valence-electron chi connectivity index (χ1n) is 7.47. The van der Waals surface area contributed by atoms with E-state index in [1.165, 1.54) is 30.3 Å². The molecule has 0 saturated carbocycles. The van der Waals surface area contributed by atoms with Gasteiger partial charge in [0.25, 0.3) is 0 Å². The Morgan fingerprint density at radius 3 is 2.12 bits per heavy atom. The lowest BCUT2D eigenvalue weighted by Crippen LogP contribution is -2.19. The summed E-state index contributed by atoms with van der Waals surface area (Å²) < 4.78 is 5.16. The summed E-state index contributed by atoms with van der Waals surface area (Å²) in [6.07, 6.45) is 0.0593. The average Bonchev–Trinajstić information content (AvgIpc) is 2.90. The summed E-state index contributed by atoms with van der Waals surface area (Å²) in [5.74, 6) is -5.16. The van der Waals surface area contributed by atoms with Crippen molar-refractivity contribution >= 4 is 18.0 Å². The van der Waals surface area contributed by atoms with E-state index < -0.39 is 35.5 Å². The van der Waals surface area contributed by atoms with Crippen molar-refractivity contribution < 1.29 is 39.9 Å². The molecule has 1 saturated heterocycles. The van der Waals surface area contributed by atoms with Crippen LogP contribution in [0.3, 0.4) is 0 Å². The Morgan fingerprint density at radius 2 is 1.54 bits per heavy atom. The van der Waals surface area contributed by atoms with Gasteiger partial charge in [0, 0.05) is 0 Å². The van der Waals surface area contributed by atoms with Crippen molar-refractivity contribution in [3.8, 4) is 23.0 Å². The lowest BCUT2D eigenvalue weighted by molar-refractivity contribution is -0.144. The van der Waals surface area contributed by atoms with Crippen LogP contribution in [-0.2, 0) is 14.3 Å². The topological polar surface area (TPSA) is 145 Å². The predicted molar refractivity (Wildman–Crippen MR) is 87.5 cm³/mol. The third-order valence-corrected chi connectivity index (χ3v) is 4.02.